The molecule has 0 atom stereocenters. The molecule has 0 aliphatic rings. The molecule has 0 aliphatic carbocycles. The fraction of sp³-hybridized carbons (Fsp3) is 0.133. The Morgan fingerprint density at radius 1 is 1.17 bits per heavy atom. The summed E-state index contributed by atoms with van der Waals surface area (Å²) in [7, 11) is 0. The second-order valence-corrected chi connectivity index (χ2v) is 4.29. The van der Waals surface area contributed by atoms with Crippen molar-refractivity contribution >= 4 is 11.5 Å². The van der Waals surface area contributed by atoms with E-state index in [9.17, 15) is 9.18 Å². The molecule has 2 nitrogen and oxygen atoms in total. The number of ketones is 1. The van der Waals surface area contributed by atoms with Crippen LogP contribution in [-0.4, -0.2) is 5.78 Å². The van der Waals surface area contributed by atoms with Gasteiger partial charge in [-0.3, -0.25) is 4.79 Å². The summed E-state index contributed by atoms with van der Waals surface area (Å²) in [6, 6.07) is 11.2. The van der Waals surface area contributed by atoms with E-state index in [-0.39, 0.29) is 18.0 Å². The highest BCUT2D eigenvalue weighted by molar-refractivity contribution is 5.97. The number of carbonyl (C=O) groups excluding carboxylic acids is 1. The largest absolute Gasteiger partial charge is 0.399 e. The smallest absolute Gasteiger partial charge is 0.167 e. The van der Waals surface area contributed by atoms with Crippen molar-refractivity contribution in [2.24, 2.45) is 0 Å². The van der Waals surface area contributed by atoms with Gasteiger partial charge >= 0.3 is 0 Å². The lowest BCUT2D eigenvalue weighted by Crippen LogP contribution is -2.05. The Bertz CT molecular complexity index is 576. The quantitative estimate of drug-likeness (QED) is 0.664. The first-order valence-corrected chi connectivity index (χ1v) is 5.70. The second-order valence-electron chi connectivity index (χ2n) is 4.29. The molecule has 0 amide bonds. The fourth-order valence-corrected chi connectivity index (χ4v) is 1.77. The number of Topliss-reactive ketones (excluding diaryl/α,β-unsaturated/α-hetero) is 1. The van der Waals surface area contributed by atoms with Crippen molar-refractivity contribution in [3.63, 3.8) is 0 Å². The van der Waals surface area contributed by atoms with Crippen molar-refractivity contribution in [1.82, 2.24) is 0 Å². The third-order valence-electron chi connectivity index (χ3n) is 2.89. The second kappa shape index (κ2) is 5.00. The average molecular weight is 243 g/mol. The van der Waals surface area contributed by atoms with Crippen LogP contribution in [0, 0.1) is 12.7 Å². The molecule has 2 aromatic rings. The summed E-state index contributed by atoms with van der Waals surface area (Å²) in [5, 5.41) is 0. The first kappa shape index (κ1) is 12.3. The maximum Gasteiger partial charge on any atom is 0.167 e. The topological polar surface area (TPSA) is 43.1 Å². The molecule has 2 aromatic carbocycles. The minimum atomic E-state index is -0.319. The van der Waals surface area contributed by atoms with Crippen LogP contribution in [0.2, 0.25) is 0 Å². The molecular weight excluding hydrogens is 229 g/mol. The molecule has 2 rings (SSSR count). The van der Waals surface area contributed by atoms with E-state index < -0.39 is 0 Å². The van der Waals surface area contributed by atoms with Crippen LogP contribution in [0.4, 0.5) is 10.1 Å². The summed E-state index contributed by atoms with van der Waals surface area (Å²) < 4.78 is 13.1. The predicted molar refractivity (Wildman–Crippen MR) is 70.0 cm³/mol. The van der Waals surface area contributed by atoms with Crippen molar-refractivity contribution in [3.8, 4) is 0 Å². The Balaban J connectivity index is 2.21. The molecule has 0 saturated carbocycles. The van der Waals surface area contributed by atoms with Crippen molar-refractivity contribution in [1.29, 1.82) is 0 Å². The number of hydrogen-bond donors (Lipinski definition) is 1. The Morgan fingerprint density at radius 3 is 2.50 bits per heavy atom. The van der Waals surface area contributed by atoms with Crippen LogP contribution in [0.5, 0.6) is 0 Å². The number of benzene rings is 2. The molecule has 2 N–H and O–H groups in total. The fourth-order valence-electron chi connectivity index (χ4n) is 1.77. The SMILES string of the molecule is Cc1ccc(F)cc1CC(=O)c1ccc(N)cc1. The van der Waals surface area contributed by atoms with E-state index in [0.717, 1.165) is 11.1 Å². The summed E-state index contributed by atoms with van der Waals surface area (Å²) in [4.78, 5) is 12.0. The summed E-state index contributed by atoms with van der Waals surface area (Å²) in [5.41, 5.74) is 8.41. The van der Waals surface area contributed by atoms with Gasteiger partial charge in [-0.05, 0) is 54.4 Å². The van der Waals surface area contributed by atoms with Crippen molar-refractivity contribution in [2.75, 3.05) is 5.73 Å². The third kappa shape index (κ3) is 2.74. The highest BCUT2D eigenvalue weighted by atomic mass is 19.1. The van der Waals surface area contributed by atoms with Crippen LogP contribution in [0.3, 0.4) is 0 Å². The van der Waals surface area contributed by atoms with Crippen LogP contribution >= 0.6 is 0 Å². The molecular formula is C15H14FNO. The lowest BCUT2D eigenvalue weighted by molar-refractivity contribution is 0.0993. The van der Waals surface area contributed by atoms with E-state index in [1.165, 1.54) is 12.1 Å². The van der Waals surface area contributed by atoms with Gasteiger partial charge in [0.15, 0.2) is 5.78 Å². The standard InChI is InChI=1S/C15H14FNO/c1-10-2-5-13(16)8-12(10)9-15(18)11-3-6-14(17)7-4-11/h2-8H,9,17H2,1H3. The molecule has 0 unspecified atom stereocenters. The van der Waals surface area contributed by atoms with E-state index >= 15 is 0 Å². The maximum atomic E-state index is 13.1. The highest BCUT2D eigenvalue weighted by Gasteiger charge is 2.09. The Kier molecular flexibility index (Phi) is 3.42. The maximum absolute atomic E-state index is 13.1. The lowest BCUT2D eigenvalue weighted by atomic mass is 9.99. The minimum Gasteiger partial charge on any atom is -0.399 e. The number of nitrogen functional groups attached to an aromatic ring is 1. The van der Waals surface area contributed by atoms with Gasteiger partial charge in [0.2, 0.25) is 0 Å². The van der Waals surface area contributed by atoms with E-state index in [2.05, 4.69) is 0 Å². The Labute approximate surface area is 105 Å². The number of halogens is 1. The van der Waals surface area contributed by atoms with Crippen LogP contribution in [0.1, 0.15) is 21.5 Å². The zero-order valence-corrected chi connectivity index (χ0v) is 10.1. The first-order chi connectivity index (χ1) is 8.56. The molecule has 0 heterocycles. The molecule has 0 spiro atoms. The summed E-state index contributed by atoms with van der Waals surface area (Å²) in [6.07, 6.45) is 0.202. The van der Waals surface area contributed by atoms with E-state index in [1.807, 2.05) is 6.92 Å². The Morgan fingerprint density at radius 2 is 1.83 bits per heavy atom. The molecule has 0 bridgehead atoms. The predicted octanol–water partition coefficient (Wildman–Crippen LogP) is 3.14. The molecule has 92 valence electrons. The van der Waals surface area contributed by atoms with Crippen LogP contribution < -0.4 is 5.73 Å². The lowest BCUT2D eigenvalue weighted by Gasteiger charge is -2.05. The highest BCUT2D eigenvalue weighted by Crippen LogP contribution is 2.14. The molecule has 3 heteroatoms. The zero-order chi connectivity index (χ0) is 13.1. The summed E-state index contributed by atoms with van der Waals surface area (Å²) in [6.45, 7) is 1.87. The number of nitrogens with two attached hydrogens (primary N) is 1. The molecule has 0 aliphatic heterocycles. The number of rotatable bonds is 3. The van der Waals surface area contributed by atoms with Crippen LogP contribution in [0.15, 0.2) is 42.5 Å². The first-order valence-electron chi connectivity index (χ1n) is 5.70. The van der Waals surface area contributed by atoms with Gasteiger partial charge in [0.25, 0.3) is 0 Å². The van der Waals surface area contributed by atoms with Gasteiger partial charge in [-0.2, -0.15) is 0 Å². The minimum absolute atomic E-state index is 0.0382. The van der Waals surface area contributed by atoms with Crippen molar-refractivity contribution < 1.29 is 9.18 Å². The van der Waals surface area contributed by atoms with Gasteiger partial charge in [0.1, 0.15) is 5.82 Å². The number of carbonyl (C=O) groups is 1. The van der Waals surface area contributed by atoms with Crippen LogP contribution in [-0.2, 0) is 6.42 Å². The van der Waals surface area contributed by atoms with Crippen molar-refractivity contribution in [2.45, 2.75) is 13.3 Å². The number of anilines is 1. The average Bonchev–Trinajstić information content (AvgIpc) is 2.34. The number of hydrogen-bond acceptors (Lipinski definition) is 2. The van der Waals surface area contributed by atoms with Gasteiger partial charge in [0, 0.05) is 17.7 Å². The van der Waals surface area contributed by atoms with Gasteiger partial charge < -0.3 is 5.73 Å². The molecule has 0 fully saturated rings. The van der Waals surface area contributed by atoms with Gasteiger partial charge in [-0.15, -0.1) is 0 Å². The van der Waals surface area contributed by atoms with E-state index in [1.54, 1.807) is 30.3 Å². The monoisotopic (exact) mass is 243 g/mol. The molecule has 18 heavy (non-hydrogen) atoms. The van der Waals surface area contributed by atoms with Crippen molar-refractivity contribution in [3.05, 3.63) is 65.0 Å². The van der Waals surface area contributed by atoms with E-state index in [0.29, 0.717) is 11.3 Å². The van der Waals surface area contributed by atoms with Gasteiger partial charge in [0.05, 0.1) is 0 Å². The number of aryl methyl sites for hydroxylation is 1. The molecule has 0 aromatic heterocycles. The van der Waals surface area contributed by atoms with Gasteiger partial charge in [-0.1, -0.05) is 6.07 Å². The molecule has 0 saturated heterocycles. The van der Waals surface area contributed by atoms with Crippen LogP contribution in [0.25, 0.3) is 0 Å². The summed E-state index contributed by atoms with van der Waals surface area (Å²) >= 11 is 0. The normalized spacial score (nSPS) is 10.3. The van der Waals surface area contributed by atoms with Gasteiger partial charge in [-0.25, -0.2) is 4.39 Å². The molecule has 0 radical (unpaired) electrons. The Hall–Kier alpha value is -2.16. The summed E-state index contributed by atoms with van der Waals surface area (Å²) in [5.74, 6) is -0.357. The zero-order valence-electron chi connectivity index (χ0n) is 10.1. The van der Waals surface area contributed by atoms with E-state index in [4.69, 9.17) is 5.73 Å². The third-order valence-corrected chi connectivity index (χ3v) is 2.89.